The highest BCUT2D eigenvalue weighted by molar-refractivity contribution is 7.90. The summed E-state index contributed by atoms with van der Waals surface area (Å²) in [6, 6.07) is 2.69. The lowest BCUT2D eigenvalue weighted by molar-refractivity contribution is -0.110. The minimum atomic E-state index is -2.98. The Balaban J connectivity index is 1.41. The second-order valence-corrected chi connectivity index (χ2v) is 12.0. The molecule has 1 fully saturated rings. The quantitative estimate of drug-likeness (QED) is 0.642. The lowest BCUT2D eigenvalue weighted by Crippen LogP contribution is -2.49. The number of hydrogen-bond donors (Lipinski definition) is 0. The van der Waals surface area contributed by atoms with Crippen molar-refractivity contribution in [2.24, 2.45) is 0 Å². The third kappa shape index (κ3) is 4.80. The third-order valence-electron chi connectivity index (χ3n) is 6.13. The van der Waals surface area contributed by atoms with Gasteiger partial charge in [-0.2, -0.15) is 5.10 Å². The first-order valence-corrected chi connectivity index (χ1v) is 13.3. The molecule has 4 rings (SSSR count). The molecule has 9 heteroatoms. The number of aryl methyl sites for hydroxylation is 1. The Bertz CT molecular complexity index is 984. The molecule has 0 radical (unpaired) electrons. The molecule has 0 saturated carbocycles. The predicted octanol–water partition coefficient (Wildman–Crippen LogP) is 2.59. The van der Waals surface area contributed by atoms with Crippen molar-refractivity contribution in [2.45, 2.75) is 57.5 Å². The van der Waals surface area contributed by atoms with Gasteiger partial charge in [0.2, 0.25) is 0 Å². The van der Waals surface area contributed by atoms with Gasteiger partial charge in [0.05, 0.1) is 31.7 Å². The average molecular weight is 454 g/mol. The molecule has 166 valence electrons. The van der Waals surface area contributed by atoms with Gasteiger partial charge < -0.3 is 9.47 Å². The maximum absolute atomic E-state index is 11.4. The van der Waals surface area contributed by atoms with Gasteiger partial charge in [0, 0.05) is 54.0 Å². The van der Waals surface area contributed by atoms with Crippen LogP contribution in [0.2, 0.25) is 0 Å². The largest absolute Gasteiger partial charge is 0.379 e. The van der Waals surface area contributed by atoms with Crippen LogP contribution >= 0.6 is 11.3 Å². The van der Waals surface area contributed by atoms with Gasteiger partial charge in [-0.05, 0) is 37.8 Å². The summed E-state index contributed by atoms with van der Waals surface area (Å²) in [7, 11) is -1.24. The Labute approximate surface area is 182 Å². The fraction of sp³-hybridized carbons (Fsp3) is 0.667. The van der Waals surface area contributed by atoms with Crippen LogP contribution in [0.25, 0.3) is 0 Å². The van der Waals surface area contributed by atoms with E-state index in [-0.39, 0.29) is 11.4 Å². The van der Waals surface area contributed by atoms with Crippen molar-refractivity contribution in [2.75, 3.05) is 32.3 Å². The lowest BCUT2D eigenvalue weighted by Gasteiger charge is -2.47. The topological polar surface area (TPSA) is 73.7 Å². The summed E-state index contributed by atoms with van der Waals surface area (Å²) in [5, 5.41) is 4.33. The monoisotopic (exact) mass is 453 g/mol. The van der Waals surface area contributed by atoms with Gasteiger partial charge in [-0.15, -0.1) is 11.3 Å². The number of hydrogen-bond acceptors (Lipinski definition) is 7. The summed E-state index contributed by atoms with van der Waals surface area (Å²) in [6.45, 7) is 5.91. The predicted molar refractivity (Wildman–Crippen MR) is 117 cm³/mol. The number of thiophene rings is 1. The summed E-state index contributed by atoms with van der Waals surface area (Å²) >= 11 is 1.85. The first kappa shape index (κ1) is 22.0. The molecule has 2 aliphatic heterocycles. The van der Waals surface area contributed by atoms with Crippen molar-refractivity contribution in [3.63, 3.8) is 0 Å². The minimum Gasteiger partial charge on any atom is -0.379 e. The van der Waals surface area contributed by atoms with Crippen LogP contribution in [-0.2, 0) is 51.0 Å². The second kappa shape index (κ2) is 8.70. The molecule has 2 atom stereocenters. The van der Waals surface area contributed by atoms with Crippen molar-refractivity contribution < 1.29 is 17.9 Å². The highest BCUT2D eigenvalue weighted by Gasteiger charge is 2.44. The number of rotatable bonds is 7. The van der Waals surface area contributed by atoms with E-state index in [1.165, 1.54) is 21.6 Å². The molecule has 1 spiro atoms. The maximum atomic E-state index is 11.4. The van der Waals surface area contributed by atoms with Crippen molar-refractivity contribution >= 4 is 21.2 Å². The van der Waals surface area contributed by atoms with Crippen LogP contribution in [-0.4, -0.2) is 61.4 Å². The second-order valence-electron chi connectivity index (χ2n) is 8.61. The number of likely N-dealkylation sites (tertiary alicyclic amines) is 1. The Morgan fingerprint density at radius 3 is 3.00 bits per heavy atom. The minimum absolute atomic E-state index is 0.113. The van der Waals surface area contributed by atoms with E-state index < -0.39 is 9.84 Å². The average Bonchev–Trinajstić information content (AvgIpc) is 3.30. The molecule has 0 unspecified atom stereocenters. The zero-order chi connectivity index (χ0) is 21.4. The highest BCUT2D eigenvalue weighted by Crippen LogP contribution is 2.47. The van der Waals surface area contributed by atoms with Crippen molar-refractivity contribution in [3.05, 3.63) is 39.3 Å². The van der Waals surface area contributed by atoms with E-state index in [0.29, 0.717) is 19.2 Å². The summed E-state index contributed by atoms with van der Waals surface area (Å²) in [6.07, 6.45) is 8.03. The first-order valence-electron chi connectivity index (χ1n) is 10.5. The molecule has 1 saturated heterocycles. The van der Waals surface area contributed by atoms with Gasteiger partial charge in [0.15, 0.2) is 0 Å². The normalized spacial score (nSPS) is 25.0. The van der Waals surface area contributed by atoms with Gasteiger partial charge in [-0.25, -0.2) is 8.42 Å². The Kier molecular flexibility index (Phi) is 6.37. The van der Waals surface area contributed by atoms with Crippen LogP contribution in [0.1, 0.15) is 40.6 Å². The molecule has 2 aliphatic rings. The third-order valence-corrected chi connectivity index (χ3v) is 8.39. The number of nitrogens with zero attached hydrogens (tertiary/aromatic N) is 3. The van der Waals surface area contributed by atoms with E-state index in [9.17, 15) is 8.42 Å². The molecule has 2 aromatic heterocycles. The molecular weight excluding hydrogens is 422 g/mol. The Morgan fingerprint density at radius 2 is 2.27 bits per heavy atom. The molecular formula is C21H31N3O4S2. The van der Waals surface area contributed by atoms with Crippen LogP contribution < -0.4 is 0 Å². The van der Waals surface area contributed by atoms with E-state index in [4.69, 9.17) is 9.47 Å². The number of methoxy groups -OCH3 is 1. The fourth-order valence-electron chi connectivity index (χ4n) is 4.62. The number of piperidine rings is 1. The SMILES string of the molecule is COCc1cc2c(s1)[C@]1(CCN(Cc3cnn(CCS(C)(=O)=O)c3)[C@@H](C)C1)OCC2. The highest BCUT2D eigenvalue weighted by atomic mass is 32.2. The molecule has 2 aromatic rings. The van der Waals surface area contributed by atoms with Crippen LogP contribution in [0.5, 0.6) is 0 Å². The smallest absolute Gasteiger partial charge is 0.149 e. The molecule has 30 heavy (non-hydrogen) atoms. The maximum Gasteiger partial charge on any atom is 0.149 e. The van der Waals surface area contributed by atoms with E-state index in [1.807, 2.05) is 23.7 Å². The zero-order valence-electron chi connectivity index (χ0n) is 18.0. The van der Waals surface area contributed by atoms with Crippen LogP contribution in [0.3, 0.4) is 0 Å². The van der Waals surface area contributed by atoms with E-state index >= 15 is 0 Å². The molecule has 7 nitrogen and oxygen atoms in total. The number of aromatic nitrogens is 2. The Morgan fingerprint density at radius 1 is 1.43 bits per heavy atom. The summed E-state index contributed by atoms with van der Waals surface area (Å²) in [4.78, 5) is 5.16. The number of fused-ring (bicyclic) bond motifs is 2. The van der Waals surface area contributed by atoms with Crippen molar-refractivity contribution in [1.82, 2.24) is 14.7 Å². The van der Waals surface area contributed by atoms with Crippen LogP contribution in [0, 0.1) is 0 Å². The van der Waals surface area contributed by atoms with Gasteiger partial charge in [0.25, 0.3) is 0 Å². The van der Waals surface area contributed by atoms with Gasteiger partial charge in [-0.1, -0.05) is 0 Å². The van der Waals surface area contributed by atoms with Gasteiger partial charge in [0.1, 0.15) is 15.4 Å². The van der Waals surface area contributed by atoms with Crippen LogP contribution in [0.4, 0.5) is 0 Å². The fourth-order valence-corrected chi connectivity index (χ4v) is 6.50. The van der Waals surface area contributed by atoms with Crippen molar-refractivity contribution in [1.29, 1.82) is 0 Å². The van der Waals surface area contributed by atoms with Crippen LogP contribution in [0.15, 0.2) is 18.5 Å². The number of sulfone groups is 1. The molecule has 0 N–H and O–H groups in total. The zero-order valence-corrected chi connectivity index (χ0v) is 19.6. The molecule has 0 aliphatic carbocycles. The first-order chi connectivity index (χ1) is 14.3. The number of ether oxygens (including phenoxy) is 2. The molecule has 0 aromatic carbocycles. The summed E-state index contributed by atoms with van der Waals surface area (Å²) < 4.78 is 36.3. The lowest BCUT2D eigenvalue weighted by atomic mass is 9.82. The molecule has 0 bridgehead atoms. The van der Waals surface area contributed by atoms with Gasteiger partial charge in [-0.3, -0.25) is 9.58 Å². The van der Waals surface area contributed by atoms with E-state index in [0.717, 1.165) is 44.5 Å². The summed E-state index contributed by atoms with van der Waals surface area (Å²) in [5.74, 6) is 0.113. The molecule has 4 heterocycles. The van der Waals surface area contributed by atoms with E-state index in [1.54, 1.807) is 11.8 Å². The standard InChI is InChI=1S/C21H31N3O4S2/c1-16-11-21(20-18(4-8-28-21)10-19(29-20)15-27-2)5-6-23(16)13-17-12-22-24(14-17)7-9-30(3,25)26/h10,12,14,16H,4-9,11,13,15H2,1-3H3/t16-,21+/m0/s1. The molecule has 0 amide bonds. The van der Waals surface area contributed by atoms with Gasteiger partial charge >= 0.3 is 0 Å². The van der Waals surface area contributed by atoms with Crippen molar-refractivity contribution in [3.8, 4) is 0 Å². The van der Waals surface area contributed by atoms with E-state index in [2.05, 4.69) is 23.0 Å². The summed E-state index contributed by atoms with van der Waals surface area (Å²) in [5.41, 5.74) is 2.39. The Hall–Kier alpha value is -1.26.